The Morgan fingerprint density at radius 1 is 1.28 bits per heavy atom. The van der Waals surface area contributed by atoms with E-state index >= 15 is 0 Å². The van der Waals surface area contributed by atoms with Crippen molar-refractivity contribution in [2.75, 3.05) is 13.6 Å². The highest BCUT2D eigenvalue weighted by Gasteiger charge is 2.27. The molecule has 3 nitrogen and oxygen atoms in total. The number of nitrogens with zero attached hydrogens (tertiary/aromatic N) is 2. The summed E-state index contributed by atoms with van der Waals surface area (Å²) in [4.78, 5) is 2.52. The van der Waals surface area contributed by atoms with E-state index in [9.17, 15) is 5.26 Å². The zero-order valence-corrected chi connectivity index (χ0v) is 13.1. The van der Waals surface area contributed by atoms with Gasteiger partial charge in [0, 0.05) is 12.1 Å². The van der Waals surface area contributed by atoms with E-state index in [4.69, 9.17) is 0 Å². The van der Waals surface area contributed by atoms with Gasteiger partial charge < -0.3 is 5.32 Å². The largest absolute Gasteiger partial charge is 0.303 e. The van der Waals surface area contributed by atoms with E-state index in [2.05, 4.69) is 44.0 Å². The Kier molecular flexibility index (Phi) is 8.22. The Bertz CT molecular complexity index is 257. The lowest BCUT2D eigenvalue weighted by Gasteiger charge is -2.36. The van der Waals surface area contributed by atoms with E-state index in [-0.39, 0.29) is 0 Å². The third-order valence-electron chi connectivity index (χ3n) is 3.75. The fraction of sp³-hybridized carbons (Fsp3) is 0.933. The van der Waals surface area contributed by atoms with E-state index in [1.165, 1.54) is 19.3 Å². The Labute approximate surface area is 114 Å². The molecule has 0 saturated heterocycles. The van der Waals surface area contributed by atoms with Crippen molar-refractivity contribution in [3.8, 4) is 6.07 Å². The van der Waals surface area contributed by atoms with Crippen molar-refractivity contribution in [2.24, 2.45) is 0 Å². The summed E-state index contributed by atoms with van der Waals surface area (Å²) in [5.74, 6) is 0. The maximum Gasteiger partial charge on any atom is 0.105 e. The number of nitrogens with one attached hydrogen (secondary N) is 1. The number of hydrogen-bond donors (Lipinski definition) is 1. The molecule has 0 rings (SSSR count). The lowest BCUT2D eigenvalue weighted by molar-refractivity contribution is 0.138. The molecule has 2 unspecified atom stereocenters. The summed E-state index contributed by atoms with van der Waals surface area (Å²) in [5.41, 5.74) is -0.419. The van der Waals surface area contributed by atoms with Crippen molar-refractivity contribution in [1.82, 2.24) is 10.2 Å². The Balaban J connectivity index is 4.48. The molecule has 0 radical (unpaired) electrons. The van der Waals surface area contributed by atoms with Crippen LogP contribution in [0.1, 0.15) is 60.3 Å². The minimum Gasteiger partial charge on any atom is -0.303 e. The first-order valence-electron chi connectivity index (χ1n) is 7.26. The second-order valence-corrected chi connectivity index (χ2v) is 5.79. The molecule has 2 atom stereocenters. The van der Waals surface area contributed by atoms with Crippen molar-refractivity contribution in [1.29, 1.82) is 5.26 Å². The second kappa shape index (κ2) is 8.50. The minimum atomic E-state index is -0.419. The van der Waals surface area contributed by atoms with E-state index in [0.29, 0.717) is 12.1 Å². The van der Waals surface area contributed by atoms with Crippen LogP contribution in [0.25, 0.3) is 0 Å². The van der Waals surface area contributed by atoms with Crippen molar-refractivity contribution >= 4 is 0 Å². The lowest BCUT2D eigenvalue weighted by atomic mass is 9.94. The van der Waals surface area contributed by atoms with Gasteiger partial charge in [0.2, 0.25) is 0 Å². The highest BCUT2D eigenvalue weighted by atomic mass is 15.2. The van der Waals surface area contributed by atoms with E-state index in [1.807, 2.05) is 14.0 Å². The average Bonchev–Trinajstić information content (AvgIpc) is 2.33. The zero-order valence-electron chi connectivity index (χ0n) is 13.1. The normalized spacial score (nSPS) is 16.6. The van der Waals surface area contributed by atoms with Crippen molar-refractivity contribution < 1.29 is 0 Å². The van der Waals surface area contributed by atoms with Gasteiger partial charge in [0.15, 0.2) is 0 Å². The topological polar surface area (TPSA) is 39.1 Å². The molecule has 0 aliphatic rings. The van der Waals surface area contributed by atoms with Crippen LogP contribution in [-0.2, 0) is 0 Å². The van der Waals surface area contributed by atoms with E-state index < -0.39 is 5.54 Å². The van der Waals surface area contributed by atoms with Crippen LogP contribution < -0.4 is 5.32 Å². The predicted molar refractivity (Wildman–Crippen MR) is 78.5 cm³/mol. The lowest BCUT2D eigenvalue weighted by Crippen LogP contribution is -2.47. The molecule has 0 amide bonds. The van der Waals surface area contributed by atoms with Crippen LogP contribution >= 0.6 is 0 Å². The van der Waals surface area contributed by atoms with E-state index in [0.717, 1.165) is 13.0 Å². The second-order valence-electron chi connectivity index (χ2n) is 5.79. The smallest absolute Gasteiger partial charge is 0.105 e. The maximum atomic E-state index is 9.24. The molecule has 3 heteroatoms. The van der Waals surface area contributed by atoms with Crippen LogP contribution in [0.4, 0.5) is 0 Å². The number of hydrogen-bond acceptors (Lipinski definition) is 3. The molecule has 0 heterocycles. The molecule has 18 heavy (non-hydrogen) atoms. The Morgan fingerprint density at radius 2 is 1.89 bits per heavy atom. The van der Waals surface area contributed by atoms with Crippen LogP contribution in [0.15, 0.2) is 0 Å². The van der Waals surface area contributed by atoms with Gasteiger partial charge in [-0.1, -0.05) is 19.8 Å². The molecule has 0 fully saturated rings. The van der Waals surface area contributed by atoms with Gasteiger partial charge in [0.25, 0.3) is 0 Å². The number of rotatable bonds is 9. The van der Waals surface area contributed by atoms with Crippen LogP contribution in [0.3, 0.4) is 0 Å². The van der Waals surface area contributed by atoms with Crippen molar-refractivity contribution in [2.45, 2.75) is 77.9 Å². The molecule has 0 spiro atoms. The summed E-state index contributed by atoms with van der Waals surface area (Å²) in [6.45, 7) is 12.1. The SMILES string of the molecule is CCCCCN(C(C)C)C(C)CC(C)(C#N)NC. The van der Waals surface area contributed by atoms with Gasteiger partial charge in [0.05, 0.1) is 6.07 Å². The third-order valence-corrected chi connectivity index (χ3v) is 3.75. The van der Waals surface area contributed by atoms with Gasteiger partial charge in [-0.25, -0.2) is 0 Å². The molecular weight excluding hydrogens is 222 g/mol. The van der Waals surface area contributed by atoms with Crippen molar-refractivity contribution in [3.63, 3.8) is 0 Å². The monoisotopic (exact) mass is 253 g/mol. The molecule has 0 aromatic heterocycles. The molecule has 0 aliphatic carbocycles. The first kappa shape index (κ1) is 17.4. The summed E-state index contributed by atoms with van der Waals surface area (Å²) in [6, 6.07) is 3.35. The fourth-order valence-corrected chi connectivity index (χ4v) is 2.44. The summed E-state index contributed by atoms with van der Waals surface area (Å²) < 4.78 is 0. The first-order chi connectivity index (χ1) is 8.40. The molecular formula is C15H31N3. The van der Waals surface area contributed by atoms with E-state index in [1.54, 1.807) is 0 Å². The van der Waals surface area contributed by atoms with Crippen LogP contribution in [0.2, 0.25) is 0 Å². The maximum absolute atomic E-state index is 9.24. The Morgan fingerprint density at radius 3 is 2.28 bits per heavy atom. The van der Waals surface area contributed by atoms with Gasteiger partial charge in [0.1, 0.15) is 5.54 Å². The summed E-state index contributed by atoms with van der Waals surface area (Å²) >= 11 is 0. The molecule has 1 N–H and O–H groups in total. The molecule has 0 bridgehead atoms. The van der Waals surface area contributed by atoms with Gasteiger partial charge in [-0.05, 0) is 54.1 Å². The highest BCUT2D eigenvalue weighted by Crippen LogP contribution is 2.18. The summed E-state index contributed by atoms with van der Waals surface area (Å²) in [7, 11) is 1.87. The van der Waals surface area contributed by atoms with Gasteiger partial charge in [-0.15, -0.1) is 0 Å². The first-order valence-corrected chi connectivity index (χ1v) is 7.26. The zero-order chi connectivity index (χ0) is 14.2. The molecule has 0 aromatic carbocycles. The summed E-state index contributed by atoms with van der Waals surface area (Å²) in [6.07, 6.45) is 4.66. The minimum absolute atomic E-state index is 0.419. The van der Waals surface area contributed by atoms with Crippen LogP contribution in [-0.4, -0.2) is 36.1 Å². The Hall–Kier alpha value is -0.590. The average molecular weight is 253 g/mol. The van der Waals surface area contributed by atoms with Gasteiger partial charge in [-0.3, -0.25) is 4.90 Å². The molecule has 0 aliphatic heterocycles. The molecule has 0 saturated carbocycles. The van der Waals surface area contributed by atoms with Crippen molar-refractivity contribution in [3.05, 3.63) is 0 Å². The predicted octanol–water partition coefficient (Wildman–Crippen LogP) is 3.17. The fourth-order valence-electron chi connectivity index (χ4n) is 2.44. The van der Waals surface area contributed by atoms with Gasteiger partial charge in [-0.2, -0.15) is 5.26 Å². The molecule has 0 aromatic rings. The number of nitriles is 1. The molecule has 106 valence electrons. The third kappa shape index (κ3) is 5.84. The van der Waals surface area contributed by atoms with Crippen LogP contribution in [0, 0.1) is 11.3 Å². The van der Waals surface area contributed by atoms with Crippen LogP contribution in [0.5, 0.6) is 0 Å². The standard InChI is InChI=1S/C15H31N3/c1-7-8-9-10-18(13(2)3)14(4)11-15(5,12-16)17-6/h13-14,17H,7-11H2,1-6H3. The summed E-state index contributed by atoms with van der Waals surface area (Å²) in [5, 5.41) is 12.4. The van der Waals surface area contributed by atoms with Gasteiger partial charge >= 0.3 is 0 Å². The highest BCUT2D eigenvalue weighted by molar-refractivity contribution is 5.04. The quantitative estimate of drug-likeness (QED) is 0.642. The number of unbranched alkanes of at least 4 members (excludes halogenated alkanes) is 2.